The number of rotatable bonds is 4. The van der Waals surface area contributed by atoms with Gasteiger partial charge in [0.05, 0.1) is 18.2 Å². The van der Waals surface area contributed by atoms with Crippen molar-refractivity contribution in [3.8, 4) is 6.07 Å². The molecular weight excluding hydrogens is 272 g/mol. The number of ether oxygens (including phenoxy) is 1. The summed E-state index contributed by atoms with van der Waals surface area (Å²) < 4.78 is 4.63. The zero-order valence-corrected chi connectivity index (χ0v) is 11.6. The molecule has 100 valence electrons. The van der Waals surface area contributed by atoms with Crippen molar-refractivity contribution >= 4 is 28.6 Å². The van der Waals surface area contributed by atoms with Crippen molar-refractivity contribution in [2.24, 2.45) is 0 Å². The topological polar surface area (TPSA) is 62.1 Å². The van der Waals surface area contributed by atoms with E-state index in [9.17, 15) is 4.79 Å². The molecule has 0 aliphatic rings. The van der Waals surface area contributed by atoms with Gasteiger partial charge in [-0.3, -0.25) is 0 Å². The number of hydrogen-bond donors (Lipinski definition) is 1. The van der Waals surface area contributed by atoms with Crippen molar-refractivity contribution in [2.45, 2.75) is 0 Å². The van der Waals surface area contributed by atoms with Crippen molar-refractivity contribution in [3.05, 3.63) is 58.4 Å². The van der Waals surface area contributed by atoms with Crippen LogP contribution in [0.25, 0.3) is 5.57 Å². The van der Waals surface area contributed by atoms with Crippen LogP contribution in [-0.2, 0) is 4.74 Å². The van der Waals surface area contributed by atoms with E-state index >= 15 is 0 Å². The molecule has 0 saturated heterocycles. The van der Waals surface area contributed by atoms with Crippen LogP contribution in [0, 0.1) is 11.3 Å². The summed E-state index contributed by atoms with van der Waals surface area (Å²) in [6.45, 7) is 0. The highest BCUT2D eigenvalue weighted by Gasteiger charge is 2.04. The highest BCUT2D eigenvalue weighted by Crippen LogP contribution is 2.18. The maximum atomic E-state index is 11.3. The van der Waals surface area contributed by atoms with Crippen molar-refractivity contribution < 1.29 is 9.53 Å². The lowest BCUT2D eigenvalue weighted by Crippen LogP contribution is -2.00. The molecule has 0 aliphatic heterocycles. The van der Waals surface area contributed by atoms with Crippen molar-refractivity contribution in [1.82, 2.24) is 0 Å². The molecule has 4 nitrogen and oxygen atoms in total. The zero-order valence-electron chi connectivity index (χ0n) is 10.8. The number of thiophene rings is 1. The number of hydrogen-bond acceptors (Lipinski definition) is 5. The molecule has 0 unspecified atom stereocenters. The van der Waals surface area contributed by atoms with Gasteiger partial charge in [-0.15, -0.1) is 0 Å². The molecule has 0 amide bonds. The Morgan fingerprint density at radius 2 is 2.05 bits per heavy atom. The van der Waals surface area contributed by atoms with Crippen LogP contribution in [0.4, 0.5) is 5.69 Å². The predicted octanol–water partition coefficient (Wildman–Crippen LogP) is 3.51. The molecule has 1 heterocycles. The monoisotopic (exact) mass is 284 g/mol. The Morgan fingerprint density at radius 3 is 2.60 bits per heavy atom. The van der Waals surface area contributed by atoms with Gasteiger partial charge in [-0.05, 0) is 41.1 Å². The van der Waals surface area contributed by atoms with Crippen molar-refractivity contribution in [2.75, 3.05) is 12.4 Å². The number of allylic oxidation sites excluding steroid dienone is 1. The van der Waals surface area contributed by atoms with Crippen molar-refractivity contribution in [3.63, 3.8) is 0 Å². The molecule has 2 rings (SSSR count). The average molecular weight is 284 g/mol. The summed E-state index contributed by atoms with van der Waals surface area (Å²) in [7, 11) is 1.34. The van der Waals surface area contributed by atoms with Gasteiger partial charge >= 0.3 is 5.97 Å². The van der Waals surface area contributed by atoms with Crippen LogP contribution in [0.15, 0.2) is 47.3 Å². The Bertz CT molecular complexity index is 652. The Morgan fingerprint density at radius 1 is 1.30 bits per heavy atom. The fourth-order valence-electron chi connectivity index (χ4n) is 1.57. The predicted molar refractivity (Wildman–Crippen MR) is 79.3 cm³/mol. The summed E-state index contributed by atoms with van der Waals surface area (Å²) in [6.07, 6.45) is 1.65. The second-order valence-electron chi connectivity index (χ2n) is 3.90. The number of methoxy groups -OCH3 is 1. The number of carbonyl (C=O) groups is 1. The van der Waals surface area contributed by atoms with Gasteiger partial charge in [0, 0.05) is 17.5 Å². The second kappa shape index (κ2) is 6.55. The Labute approximate surface area is 120 Å². The minimum atomic E-state index is -0.372. The van der Waals surface area contributed by atoms with E-state index in [-0.39, 0.29) is 5.97 Å². The quantitative estimate of drug-likeness (QED) is 0.689. The van der Waals surface area contributed by atoms with Crippen LogP contribution in [0.3, 0.4) is 0 Å². The number of nitrogens with one attached hydrogen (secondary N) is 1. The highest BCUT2D eigenvalue weighted by molar-refractivity contribution is 7.08. The SMILES string of the molecule is COC(=O)c1ccc(N/C=C(/C#N)c2ccsc2)cc1. The molecule has 0 spiro atoms. The van der Waals surface area contributed by atoms with Gasteiger partial charge in [0.15, 0.2) is 0 Å². The smallest absolute Gasteiger partial charge is 0.337 e. The fraction of sp³-hybridized carbons (Fsp3) is 0.0667. The van der Waals surface area contributed by atoms with E-state index in [1.54, 1.807) is 41.8 Å². The third-order valence-electron chi connectivity index (χ3n) is 2.64. The summed E-state index contributed by atoms with van der Waals surface area (Å²) in [5.74, 6) is -0.372. The maximum Gasteiger partial charge on any atom is 0.337 e. The number of nitriles is 1. The van der Waals surface area contributed by atoms with Gasteiger partial charge in [0.2, 0.25) is 0 Å². The molecule has 1 N–H and O–H groups in total. The van der Waals surface area contributed by atoms with Crippen LogP contribution in [0.1, 0.15) is 15.9 Å². The Kier molecular flexibility index (Phi) is 4.53. The Hall–Kier alpha value is -2.58. The van der Waals surface area contributed by atoms with Gasteiger partial charge < -0.3 is 10.1 Å². The van der Waals surface area contributed by atoms with Gasteiger partial charge in [0.1, 0.15) is 6.07 Å². The number of esters is 1. The second-order valence-corrected chi connectivity index (χ2v) is 4.68. The van der Waals surface area contributed by atoms with Gasteiger partial charge in [-0.2, -0.15) is 16.6 Å². The average Bonchev–Trinajstić information content (AvgIpc) is 3.02. The molecule has 1 aromatic heterocycles. The minimum Gasteiger partial charge on any atom is -0.465 e. The van der Waals surface area contributed by atoms with Crippen LogP contribution in [-0.4, -0.2) is 13.1 Å². The molecule has 0 atom stereocenters. The number of nitrogens with zero attached hydrogens (tertiary/aromatic N) is 1. The molecule has 20 heavy (non-hydrogen) atoms. The van der Waals surface area contributed by atoms with E-state index in [4.69, 9.17) is 5.26 Å². The molecule has 0 fully saturated rings. The lowest BCUT2D eigenvalue weighted by molar-refractivity contribution is 0.0601. The summed E-state index contributed by atoms with van der Waals surface area (Å²) in [5, 5.41) is 16.0. The molecule has 0 radical (unpaired) electrons. The summed E-state index contributed by atoms with van der Waals surface area (Å²) >= 11 is 1.54. The maximum absolute atomic E-state index is 11.3. The Balaban J connectivity index is 2.11. The number of carbonyl (C=O) groups excluding carboxylic acids is 1. The highest BCUT2D eigenvalue weighted by atomic mass is 32.1. The van der Waals surface area contributed by atoms with E-state index in [0.717, 1.165) is 11.3 Å². The van der Waals surface area contributed by atoms with Crippen molar-refractivity contribution in [1.29, 1.82) is 5.26 Å². The third-order valence-corrected chi connectivity index (χ3v) is 3.33. The summed E-state index contributed by atoms with van der Waals surface area (Å²) in [5.41, 5.74) is 2.72. The standard InChI is InChI=1S/C15H12N2O2S/c1-19-15(18)11-2-4-14(5-3-11)17-9-13(8-16)12-6-7-20-10-12/h2-7,9-10,17H,1H3/b13-9-. The van der Waals surface area contributed by atoms with E-state index in [2.05, 4.69) is 16.1 Å². The van der Waals surface area contributed by atoms with Gasteiger partial charge in [0.25, 0.3) is 0 Å². The van der Waals surface area contributed by atoms with E-state index in [1.165, 1.54) is 7.11 Å². The molecule has 1 aromatic carbocycles. The fourth-order valence-corrected chi connectivity index (χ4v) is 2.23. The first kappa shape index (κ1) is 13.8. The van der Waals surface area contributed by atoms with Crippen LogP contribution < -0.4 is 5.32 Å². The molecule has 0 bridgehead atoms. The summed E-state index contributed by atoms with van der Waals surface area (Å²) in [6, 6.07) is 10.9. The normalized spacial score (nSPS) is 10.7. The molecular formula is C15H12N2O2S. The first-order valence-corrected chi connectivity index (χ1v) is 6.76. The molecule has 0 aliphatic carbocycles. The van der Waals surface area contributed by atoms with Gasteiger partial charge in [-0.25, -0.2) is 4.79 Å². The molecule has 5 heteroatoms. The van der Waals surface area contributed by atoms with E-state index in [0.29, 0.717) is 11.1 Å². The lowest BCUT2D eigenvalue weighted by Gasteiger charge is -2.03. The summed E-state index contributed by atoms with van der Waals surface area (Å²) in [4.78, 5) is 11.3. The minimum absolute atomic E-state index is 0.372. The first-order chi connectivity index (χ1) is 9.74. The van der Waals surface area contributed by atoms with Gasteiger partial charge in [-0.1, -0.05) is 0 Å². The number of anilines is 1. The van der Waals surface area contributed by atoms with E-state index < -0.39 is 0 Å². The first-order valence-electron chi connectivity index (χ1n) is 5.82. The largest absolute Gasteiger partial charge is 0.465 e. The lowest BCUT2D eigenvalue weighted by atomic mass is 10.1. The molecule has 0 saturated carbocycles. The van der Waals surface area contributed by atoms with Crippen LogP contribution in [0.5, 0.6) is 0 Å². The number of benzene rings is 1. The van der Waals surface area contributed by atoms with E-state index in [1.807, 2.05) is 16.8 Å². The van der Waals surface area contributed by atoms with Crippen LogP contribution >= 0.6 is 11.3 Å². The third kappa shape index (κ3) is 3.25. The zero-order chi connectivity index (χ0) is 14.4. The van der Waals surface area contributed by atoms with Crippen LogP contribution in [0.2, 0.25) is 0 Å². The molecule has 2 aromatic rings.